The molecule has 0 spiro atoms. The third kappa shape index (κ3) is 0.955. The third-order valence-electron chi connectivity index (χ3n) is 4.48. The molecule has 0 aromatic rings. The van der Waals surface area contributed by atoms with Gasteiger partial charge in [-0.05, 0) is 24.7 Å². The van der Waals surface area contributed by atoms with Crippen LogP contribution in [0, 0.1) is 23.7 Å². The fourth-order valence-corrected chi connectivity index (χ4v) is 3.79. The minimum Gasteiger partial charge on any atom is -0.349 e. The zero-order chi connectivity index (χ0) is 9.99. The van der Waals surface area contributed by atoms with Crippen LogP contribution in [-0.2, 0) is 14.3 Å². The van der Waals surface area contributed by atoms with Crippen molar-refractivity contribution >= 4 is 5.78 Å². The molecule has 3 nitrogen and oxygen atoms in total. The Balaban J connectivity index is 1.80. The summed E-state index contributed by atoms with van der Waals surface area (Å²) in [5, 5.41) is 0. The zero-order valence-electron chi connectivity index (χ0n) is 8.46. The molecule has 0 aromatic heterocycles. The fraction of sp³-hybridized carbons (Fsp3) is 0.750. The van der Waals surface area contributed by atoms with Gasteiger partial charge in [0.25, 0.3) is 0 Å². The lowest BCUT2D eigenvalue weighted by molar-refractivity contribution is -0.181. The van der Waals surface area contributed by atoms with E-state index in [4.69, 9.17) is 9.47 Å². The molecule has 3 aliphatic carbocycles. The van der Waals surface area contributed by atoms with Gasteiger partial charge in [-0.15, -0.1) is 0 Å². The molecule has 15 heavy (non-hydrogen) atoms. The van der Waals surface area contributed by atoms with Gasteiger partial charge in [-0.2, -0.15) is 0 Å². The molecular formula is C12H14O3. The van der Waals surface area contributed by atoms with Crippen molar-refractivity contribution < 1.29 is 14.3 Å². The Hall–Kier alpha value is -0.670. The molecule has 6 atom stereocenters. The highest BCUT2D eigenvalue weighted by Gasteiger charge is 2.56. The normalized spacial score (nSPS) is 55.9. The number of rotatable bonds is 0. The molecular weight excluding hydrogens is 192 g/mol. The first-order valence-corrected chi connectivity index (χ1v) is 5.84. The summed E-state index contributed by atoms with van der Waals surface area (Å²) in [5.74, 6) is 1.77. The van der Waals surface area contributed by atoms with E-state index in [2.05, 4.69) is 12.2 Å². The Labute approximate surface area is 88.4 Å². The molecule has 3 fully saturated rings. The van der Waals surface area contributed by atoms with Gasteiger partial charge in [-0.3, -0.25) is 4.79 Å². The lowest BCUT2D eigenvalue weighted by atomic mass is 9.59. The minimum absolute atomic E-state index is 0.101. The van der Waals surface area contributed by atoms with Gasteiger partial charge in [0, 0.05) is 11.8 Å². The summed E-state index contributed by atoms with van der Waals surface area (Å²) in [5.41, 5.74) is 0. The average Bonchev–Trinajstić information content (AvgIpc) is 2.72. The summed E-state index contributed by atoms with van der Waals surface area (Å²) in [6.45, 7) is 0.482. The van der Waals surface area contributed by atoms with Crippen molar-refractivity contribution in [2.24, 2.45) is 23.7 Å². The summed E-state index contributed by atoms with van der Waals surface area (Å²) >= 11 is 0. The molecule has 2 aliphatic heterocycles. The highest BCUT2D eigenvalue weighted by Crippen LogP contribution is 2.51. The molecule has 4 bridgehead atoms. The number of ketones is 1. The largest absolute Gasteiger partial charge is 0.349 e. The maximum Gasteiger partial charge on any atom is 0.168 e. The maximum absolute atomic E-state index is 12.2. The summed E-state index contributed by atoms with van der Waals surface area (Å²) in [4.78, 5) is 12.2. The van der Waals surface area contributed by atoms with E-state index in [1.54, 1.807) is 0 Å². The standard InChI is InChI=1S/C12H14O3/c13-11-8-5-14-12(15-8)10-7-3-1-6(2-4-7)9(10)11/h1,3,6-10,12H,2,4-5H2/t6-,7+,8+,9-,10+,12+/m0/s1. The van der Waals surface area contributed by atoms with E-state index in [9.17, 15) is 4.79 Å². The maximum atomic E-state index is 12.2. The quantitative estimate of drug-likeness (QED) is 0.557. The van der Waals surface area contributed by atoms with Gasteiger partial charge in [0.1, 0.15) is 6.10 Å². The number of allylic oxidation sites excluding steroid dienone is 2. The minimum atomic E-state index is -0.260. The molecule has 0 aromatic carbocycles. The highest BCUT2D eigenvalue weighted by atomic mass is 16.7. The first-order chi connectivity index (χ1) is 7.34. The molecule has 0 unspecified atom stereocenters. The summed E-state index contributed by atoms with van der Waals surface area (Å²) in [7, 11) is 0. The van der Waals surface area contributed by atoms with Crippen LogP contribution in [0.15, 0.2) is 12.2 Å². The summed E-state index contributed by atoms with van der Waals surface area (Å²) in [6, 6.07) is 0. The predicted octanol–water partition coefficient (Wildman–Crippen LogP) is 1.14. The number of ether oxygens (including phenoxy) is 2. The van der Waals surface area contributed by atoms with E-state index in [0.29, 0.717) is 30.1 Å². The van der Waals surface area contributed by atoms with Gasteiger partial charge in [0.05, 0.1) is 6.61 Å². The van der Waals surface area contributed by atoms with Crippen LogP contribution in [0.4, 0.5) is 0 Å². The van der Waals surface area contributed by atoms with Crippen LogP contribution in [0.5, 0.6) is 0 Å². The van der Waals surface area contributed by atoms with Crippen molar-refractivity contribution in [1.82, 2.24) is 0 Å². The molecule has 0 N–H and O–H groups in total. The molecule has 3 heteroatoms. The molecule has 1 saturated carbocycles. The van der Waals surface area contributed by atoms with Crippen LogP contribution in [0.25, 0.3) is 0 Å². The topological polar surface area (TPSA) is 35.5 Å². The number of Topliss-reactive ketones (excluding diaryl/α,β-unsaturated/α-hetero) is 1. The average molecular weight is 206 g/mol. The van der Waals surface area contributed by atoms with Crippen molar-refractivity contribution in [2.45, 2.75) is 25.2 Å². The first-order valence-electron chi connectivity index (χ1n) is 5.84. The Morgan fingerprint density at radius 3 is 2.80 bits per heavy atom. The third-order valence-corrected chi connectivity index (χ3v) is 4.48. The Morgan fingerprint density at radius 1 is 1.20 bits per heavy atom. The van der Waals surface area contributed by atoms with Crippen molar-refractivity contribution in [3.8, 4) is 0 Å². The number of fused-ring (bicyclic) bond motifs is 3. The number of carbonyl (C=O) groups excluding carboxylic acids is 1. The van der Waals surface area contributed by atoms with Gasteiger partial charge < -0.3 is 9.47 Å². The van der Waals surface area contributed by atoms with Crippen LogP contribution < -0.4 is 0 Å². The molecule has 5 aliphatic rings. The van der Waals surface area contributed by atoms with Gasteiger partial charge >= 0.3 is 0 Å². The SMILES string of the molecule is O=C1[C@@H]2[C@H]([C@@H]3OC[C@H]1O3)[C@@H]1C=C[C@H]2CC1. The monoisotopic (exact) mass is 206 g/mol. The predicted molar refractivity (Wildman–Crippen MR) is 52.0 cm³/mol. The van der Waals surface area contributed by atoms with Crippen molar-refractivity contribution in [3.63, 3.8) is 0 Å². The second-order valence-corrected chi connectivity index (χ2v) is 5.12. The fourth-order valence-electron chi connectivity index (χ4n) is 3.79. The molecule has 80 valence electrons. The second kappa shape index (κ2) is 2.71. The van der Waals surface area contributed by atoms with Crippen LogP contribution >= 0.6 is 0 Å². The Morgan fingerprint density at radius 2 is 2.00 bits per heavy atom. The Bertz CT molecular complexity index is 349. The van der Waals surface area contributed by atoms with E-state index in [-0.39, 0.29) is 18.3 Å². The van der Waals surface area contributed by atoms with E-state index in [1.165, 1.54) is 12.8 Å². The van der Waals surface area contributed by atoms with E-state index in [0.717, 1.165) is 0 Å². The van der Waals surface area contributed by atoms with Gasteiger partial charge in [0.15, 0.2) is 12.1 Å². The number of carbonyl (C=O) groups is 1. The lowest BCUT2D eigenvalue weighted by Gasteiger charge is -2.48. The summed E-state index contributed by atoms with van der Waals surface area (Å²) < 4.78 is 11.2. The van der Waals surface area contributed by atoms with Crippen molar-refractivity contribution in [3.05, 3.63) is 12.2 Å². The van der Waals surface area contributed by atoms with Gasteiger partial charge in [-0.25, -0.2) is 0 Å². The highest BCUT2D eigenvalue weighted by molar-refractivity contribution is 5.87. The van der Waals surface area contributed by atoms with Gasteiger partial charge in [0.2, 0.25) is 0 Å². The van der Waals surface area contributed by atoms with E-state index < -0.39 is 0 Å². The van der Waals surface area contributed by atoms with Crippen LogP contribution in [0.1, 0.15) is 12.8 Å². The Kier molecular flexibility index (Phi) is 1.53. The van der Waals surface area contributed by atoms with Gasteiger partial charge in [-0.1, -0.05) is 12.2 Å². The molecule has 0 radical (unpaired) electrons. The van der Waals surface area contributed by atoms with Crippen molar-refractivity contribution in [1.29, 1.82) is 0 Å². The van der Waals surface area contributed by atoms with E-state index in [1.807, 2.05) is 0 Å². The molecule has 0 amide bonds. The second-order valence-electron chi connectivity index (χ2n) is 5.12. The first kappa shape index (κ1) is 8.48. The van der Waals surface area contributed by atoms with Crippen molar-refractivity contribution in [2.75, 3.05) is 6.61 Å². The summed E-state index contributed by atoms with van der Waals surface area (Å²) in [6.07, 6.45) is 6.53. The molecule has 2 saturated heterocycles. The zero-order valence-corrected chi connectivity index (χ0v) is 8.46. The van der Waals surface area contributed by atoms with Crippen LogP contribution in [0.2, 0.25) is 0 Å². The van der Waals surface area contributed by atoms with Crippen LogP contribution in [-0.4, -0.2) is 24.8 Å². The number of hydrogen-bond donors (Lipinski definition) is 0. The van der Waals surface area contributed by atoms with Crippen LogP contribution in [0.3, 0.4) is 0 Å². The lowest BCUT2D eigenvalue weighted by Crippen LogP contribution is -2.52. The molecule has 5 rings (SSSR count). The smallest absolute Gasteiger partial charge is 0.168 e. The van der Waals surface area contributed by atoms with E-state index >= 15 is 0 Å². The number of hydrogen-bond acceptors (Lipinski definition) is 3. The molecule has 2 heterocycles.